The van der Waals surface area contributed by atoms with Crippen LogP contribution in [0.25, 0.3) is 6.08 Å². The lowest BCUT2D eigenvalue weighted by atomic mass is 9.84. The minimum Gasteiger partial charge on any atom is -0.268 e. The topological polar surface area (TPSA) is 61.2 Å². The number of imide groups is 1. The van der Waals surface area contributed by atoms with Crippen molar-refractivity contribution in [2.45, 2.75) is 45.1 Å². The van der Waals surface area contributed by atoms with E-state index in [9.17, 15) is 9.59 Å². The van der Waals surface area contributed by atoms with Crippen LogP contribution in [0.3, 0.4) is 0 Å². The predicted molar refractivity (Wildman–Crippen MR) is 95.0 cm³/mol. The fourth-order valence-electron chi connectivity index (χ4n) is 3.46. The van der Waals surface area contributed by atoms with Crippen LogP contribution in [0, 0.1) is 17.2 Å². The standard InChI is InChI=1S/C19H20N2O2S/c1-13(16-5-3-2-4-6-16)21-18(22)17(24-19(21)23)11-14-7-9-15(12-20)10-8-14/h7-11,13,16H,2-6H2,1H3/b17-11-. The van der Waals surface area contributed by atoms with E-state index in [0.717, 1.165) is 30.2 Å². The summed E-state index contributed by atoms with van der Waals surface area (Å²) in [4.78, 5) is 27.0. The average molecular weight is 340 g/mol. The number of hydrogen-bond donors (Lipinski definition) is 0. The molecule has 1 aromatic rings. The van der Waals surface area contributed by atoms with Gasteiger partial charge in [-0.2, -0.15) is 5.26 Å². The van der Waals surface area contributed by atoms with E-state index >= 15 is 0 Å². The molecule has 1 atom stereocenters. The minimum atomic E-state index is -0.188. The molecule has 0 bridgehead atoms. The number of carbonyl (C=O) groups excluding carboxylic acids is 2. The maximum atomic E-state index is 12.7. The second-order valence-electron chi connectivity index (χ2n) is 6.42. The van der Waals surface area contributed by atoms with Crippen molar-refractivity contribution in [3.63, 3.8) is 0 Å². The summed E-state index contributed by atoms with van der Waals surface area (Å²) >= 11 is 1.01. The second kappa shape index (κ2) is 7.23. The Balaban J connectivity index is 1.77. The van der Waals surface area contributed by atoms with Gasteiger partial charge in [0.05, 0.1) is 16.5 Å². The first kappa shape index (κ1) is 16.8. The number of rotatable bonds is 3. The van der Waals surface area contributed by atoms with Crippen molar-refractivity contribution in [2.24, 2.45) is 5.92 Å². The lowest BCUT2D eigenvalue weighted by molar-refractivity contribution is -0.125. The number of carbonyl (C=O) groups is 2. The first-order chi connectivity index (χ1) is 11.6. The quantitative estimate of drug-likeness (QED) is 0.757. The third-order valence-corrected chi connectivity index (χ3v) is 5.78. The summed E-state index contributed by atoms with van der Waals surface area (Å²) in [5.74, 6) is 0.231. The summed E-state index contributed by atoms with van der Waals surface area (Å²) in [5, 5.41) is 8.67. The molecular weight excluding hydrogens is 320 g/mol. The van der Waals surface area contributed by atoms with Crippen LogP contribution in [-0.4, -0.2) is 22.1 Å². The molecule has 4 nitrogen and oxygen atoms in total. The molecule has 1 saturated heterocycles. The molecule has 2 aliphatic rings. The fourth-order valence-corrected chi connectivity index (χ4v) is 4.38. The Bertz CT molecular complexity index is 712. The van der Waals surface area contributed by atoms with Gasteiger partial charge in [0.25, 0.3) is 11.1 Å². The molecule has 0 spiro atoms. The third-order valence-electron chi connectivity index (χ3n) is 4.90. The maximum absolute atomic E-state index is 12.7. The van der Waals surface area contributed by atoms with Crippen molar-refractivity contribution in [3.05, 3.63) is 40.3 Å². The van der Waals surface area contributed by atoms with Crippen molar-refractivity contribution < 1.29 is 9.59 Å². The van der Waals surface area contributed by atoms with Crippen molar-refractivity contribution in [1.29, 1.82) is 5.26 Å². The van der Waals surface area contributed by atoms with E-state index < -0.39 is 0 Å². The molecule has 0 radical (unpaired) electrons. The number of nitriles is 1. The van der Waals surface area contributed by atoms with Crippen LogP contribution in [0.2, 0.25) is 0 Å². The fraction of sp³-hybridized carbons (Fsp3) is 0.421. The third kappa shape index (κ3) is 3.39. The summed E-state index contributed by atoms with van der Waals surface area (Å²) in [6.07, 6.45) is 7.55. The van der Waals surface area contributed by atoms with E-state index in [1.165, 1.54) is 24.2 Å². The summed E-state index contributed by atoms with van der Waals surface area (Å²) in [5.41, 5.74) is 1.40. The Morgan fingerprint density at radius 2 is 1.88 bits per heavy atom. The van der Waals surface area contributed by atoms with Gasteiger partial charge in [-0.15, -0.1) is 0 Å². The highest BCUT2D eigenvalue weighted by Crippen LogP contribution is 2.37. The van der Waals surface area contributed by atoms with Crippen LogP contribution < -0.4 is 0 Å². The Labute approximate surface area is 146 Å². The van der Waals surface area contributed by atoms with Crippen molar-refractivity contribution in [3.8, 4) is 6.07 Å². The largest absolute Gasteiger partial charge is 0.293 e. The van der Waals surface area contributed by atoms with Gasteiger partial charge in [0, 0.05) is 6.04 Å². The summed E-state index contributed by atoms with van der Waals surface area (Å²) in [7, 11) is 0. The minimum absolute atomic E-state index is 0.0373. The molecule has 0 aromatic heterocycles. The van der Waals surface area contributed by atoms with Gasteiger partial charge < -0.3 is 0 Å². The number of thioether (sulfide) groups is 1. The molecule has 1 aliphatic heterocycles. The Morgan fingerprint density at radius 1 is 1.21 bits per heavy atom. The number of amides is 2. The number of nitrogens with zero attached hydrogens (tertiary/aromatic N) is 2. The van der Waals surface area contributed by atoms with Gasteiger partial charge >= 0.3 is 0 Å². The molecule has 1 aromatic carbocycles. The van der Waals surface area contributed by atoms with E-state index in [-0.39, 0.29) is 17.2 Å². The highest BCUT2D eigenvalue weighted by atomic mass is 32.2. The molecule has 1 heterocycles. The molecular formula is C19H20N2O2S. The van der Waals surface area contributed by atoms with Crippen LogP contribution in [0.15, 0.2) is 29.2 Å². The van der Waals surface area contributed by atoms with Crippen LogP contribution >= 0.6 is 11.8 Å². The first-order valence-corrected chi connectivity index (χ1v) is 9.19. The Hall–Kier alpha value is -2.06. The number of benzene rings is 1. The van der Waals surface area contributed by atoms with Gasteiger partial charge in [0.1, 0.15) is 0 Å². The van der Waals surface area contributed by atoms with Crippen molar-refractivity contribution >= 4 is 29.0 Å². The zero-order chi connectivity index (χ0) is 17.1. The second-order valence-corrected chi connectivity index (χ2v) is 7.42. The zero-order valence-corrected chi connectivity index (χ0v) is 14.5. The zero-order valence-electron chi connectivity index (χ0n) is 13.7. The molecule has 1 unspecified atom stereocenters. The summed E-state index contributed by atoms with van der Waals surface area (Å²) < 4.78 is 0. The van der Waals surface area contributed by atoms with E-state index in [0.29, 0.717) is 16.4 Å². The molecule has 24 heavy (non-hydrogen) atoms. The van der Waals surface area contributed by atoms with E-state index in [1.54, 1.807) is 30.3 Å². The van der Waals surface area contributed by atoms with E-state index in [4.69, 9.17) is 5.26 Å². The van der Waals surface area contributed by atoms with E-state index in [1.807, 2.05) is 6.92 Å². The summed E-state index contributed by atoms with van der Waals surface area (Å²) in [6, 6.07) is 9.03. The van der Waals surface area contributed by atoms with Crippen LogP contribution in [-0.2, 0) is 4.79 Å². The van der Waals surface area contributed by atoms with E-state index in [2.05, 4.69) is 6.07 Å². The maximum Gasteiger partial charge on any atom is 0.293 e. The van der Waals surface area contributed by atoms with Crippen molar-refractivity contribution in [2.75, 3.05) is 0 Å². The molecule has 2 amide bonds. The highest BCUT2D eigenvalue weighted by Gasteiger charge is 2.40. The smallest absolute Gasteiger partial charge is 0.268 e. The highest BCUT2D eigenvalue weighted by molar-refractivity contribution is 8.18. The molecule has 1 aliphatic carbocycles. The van der Waals surface area contributed by atoms with Crippen LogP contribution in [0.4, 0.5) is 4.79 Å². The monoisotopic (exact) mass is 340 g/mol. The van der Waals surface area contributed by atoms with Crippen molar-refractivity contribution in [1.82, 2.24) is 4.90 Å². The van der Waals surface area contributed by atoms with Gasteiger partial charge in [0.15, 0.2) is 0 Å². The van der Waals surface area contributed by atoms with Gasteiger partial charge in [0.2, 0.25) is 0 Å². The summed E-state index contributed by atoms with van der Waals surface area (Å²) in [6.45, 7) is 2.00. The van der Waals surface area contributed by atoms with Gasteiger partial charge in [-0.05, 0) is 61.2 Å². The molecule has 0 N–H and O–H groups in total. The average Bonchev–Trinajstić information content (AvgIpc) is 2.89. The lowest BCUT2D eigenvalue weighted by Gasteiger charge is -2.32. The molecule has 3 rings (SSSR count). The molecule has 124 valence electrons. The Kier molecular flexibility index (Phi) is 5.06. The Morgan fingerprint density at radius 3 is 2.50 bits per heavy atom. The van der Waals surface area contributed by atoms with Crippen LogP contribution in [0.5, 0.6) is 0 Å². The first-order valence-electron chi connectivity index (χ1n) is 8.37. The molecule has 5 heteroatoms. The van der Waals surface area contributed by atoms with Gasteiger partial charge in [-0.1, -0.05) is 31.4 Å². The predicted octanol–water partition coefficient (Wildman–Crippen LogP) is 4.56. The SMILES string of the molecule is CC(C1CCCCC1)N1C(=O)S/C(=C\c2ccc(C#N)cc2)C1=O. The van der Waals surface area contributed by atoms with Gasteiger partial charge in [-0.25, -0.2) is 0 Å². The van der Waals surface area contributed by atoms with Crippen LogP contribution in [0.1, 0.15) is 50.2 Å². The molecule has 2 fully saturated rings. The number of hydrogen-bond acceptors (Lipinski definition) is 4. The lowest BCUT2D eigenvalue weighted by Crippen LogP contribution is -2.42. The van der Waals surface area contributed by atoms with Gasteiger partial charge in [-0.3, -0.25) is 14.5 Å². The normalized spacial score (nSPS) is 22.0. The molecule has 1 saturated carbocycles.